The van der Waals surface area contributed by atoms with Gasteiger partial charge in [-0.2, -0.15) is 0 Å². The van der Waals surface area contributed by atoms with E-state index >= 15 is 0 Å². The molecule has 25 heavy (non-hydrogen) atoms. The van der Waals surface area contributed by atoms with E-state index in [4.69, 9.17) is 0 Å². The maximum Gasteiger partial charge on any atom is 0.277 e. The molecule has 5 heteroatoms. The van der Waals surface area contributed by atoms with Crippen molar-refractivity contribution >= 4 is 22.9 Å². The lowest BCUT2D eigenvalue weighted by atomic mass is 10.1. The lowest BCUT2D eigenvalue weighted by Gasteiger charge is -2.19. The molecule has 0 atom stereocenters. The largest absolute Gasteiger partial charge is 0.307 e. The van der Waals surface area contributed by atoms with Crippen molar-refractivity contribution in [2.45, 2.75) is 20.3 Å². The third kappa shape index (κ3) is 3.77. The number of carbonyl (C=O) groups is 1. The van der Waals surface area contributed by atoms with Gasteiger partial charge in [0.1, 0.15) is 16.5 Å². The molecule has 128 valence electrons. The van der Waals surface area contributed by atoms with E-state index in [0.29, 0.717) is 17.9 Å². The summed E-state index contributed by atoms with van der Waals surface area (Å²) in [5.74, 6) is -0.500. The van der Waals surface area contributed by atoms with Gasteiger partial charge in [-0.15, -0.1) is 11.3 Å². The van der Waals surface area contributed by atoms with E-state index in [1.165, 1.54) is 29.0 Å². The van der Waals surface area contributed by atoms with Crippen LogP contribution in [-0.2, 0) is 6.42 Å². The number of hydrogen-bond acceptors (Lipinski definition) is 3. The molecular weight excluding hydrogens is 335 g/mol. The number of rotatable bonds is 5. The fourth-order valence-electron chi connectivity index (χ4n) is 2.59. The van der Waals surface area contributed by atoms with Crippen LogP contribution in [0.1, 0.15) is 29.9 Å². The van der Waals surface area contributed by atoms with Crippen LogP contribution in [0.2, 0.25) is 0 Å². The number of thiazole rings is 1. The Hall–Kier alpha value is -2.53. The van der Waals surface area contributed by atoms with E-state index in [2.05, 4.69) is 24.0 Å². The third-order valence-corrected chi connectivity index (χ3v) is 4.92. The Morgan fingerprint density at radius 2 is 1.76 bits per heavy atom. The van der Waals surface area contributed by atoms with Crippen LogP contribution in [0, 0.1) is 5.82 Å². The molecule has 0 saturated carbocycles. The van der Waals surface area contributed by atoms with Crippen molar-refractivity contribution in [1.82, 2.24) is 4.98 Å². The number of amides is 1. The molecule has 1 heterocycles. The van der Waals surface area contributed by atoms with Crippen molar-refractivity contribution in [2.24, 2.45) is 0 Å². The van der Waals surface area contributed by atoms with Gasteiger partial charge >= 0.3 is 0 Å². The molecule has 0 unspecified atom stereocenters. The Balaban J connectivity index is 1.84. The highest BCUT2D eigenvalue weighted by atomic mass is 32.1. The molecule has 0 aliphatic carbocycles. The summed E-state index contributed by atoms with van der Waals surface area (Å²) in [4.78, 5) is 18.9. The van der Waals surface area contributed by atoms with Gasteiger partial charge in [-0.25, -0.2) is 9.37 Å². The minimum Gasteiger partial charge on any atom is -0.307 e. The first-order chi connectivity index (χ1) is 12.1. The Labute approximate surface area is 150 Å². The smallest absolute Gasteiger partial charge is 0.277 e. The number of aryl methyl sites for hydroxylation is 1. The highest BCUT2D eigenvalue weighted by Crippen LogP contribution is 2.26. The molecule has 3 rings (SSSR count). The molecule has 0 radical (unpaired) electrons. The third-order valence-electron chi connectivity index (χ3n) is 4.03. The summed E-state index contributed by atoms with van der Waals surface area (Å²) in [6, 6.07) is 14.1. The van der Waals surface area contributed by atoms with Gasteiger partial charge in [-0.3, -0.25) is 4.79 Å². The van der Waals surface area contributed by atoms with E-state index in [1.54, 1.807) is 22.4 Å². The number of hydrogen-bond donors (Lipinski definition) is 0. The molecule has 1 amide bonds. The van der Waals surface area contributed by atoms with Crippen molar-refractivity contribution in [3.63, 3.8) is 0 Å². The first-order valence-electron chi connectivity index (χ1n) is 8.24. The summed E-state index contributed by atoms with van der Waals surface area (Å²) in [7, 11) is 0. The molecular formula is C20H19FN2OS. The van der Waals surface area contributed by atoms with E-state index in [9.17, 15) is 9.18 Å². The van der Waals surface area contributed by atoms with Gasteiger partial charge in [0.05, 0.1) is 0 Å². The molecule has 0 aliphatic rings. The average molecular weight is 354 g/mol. The highest BCUT2D eigenvalue weighted by Gasteiger charge is 2.19. The van der Waals surface area contributed by atoms with Crippen LogP contribution in [-0.4, -0.2) is 17.4 Å². The Kier molecular flexibility index (Phi) is 5.24. The Morgan fingerprint density at radius 3 is 2.36 bits per heavy atom. The number of benzene rings is 2. The first-order valence-corrected chi connectivity index (χ1v) is 9.12. The molecule has 0 aliphatic heterocycles. The van der Waals surface area contributed by atoms with E-state index < -0.39 is 0 Å². The molecule has 0 bridgehead atoms. The van der Waals surface area contributed by atoms with Gasteiger partial charge in [-0.05, 0) is 43.2 Å². The Morgan fingerprint density at radius 1 is 1.08 bits per heavy atom. The Bertz CT molecular complexity index is 856. The van der Waals surface area contributed by atoms with Gasteiger partial charge in [0, 0.05) is 23.2 Å². The predicted octanol–water partition coefficient (Wildman–Crippen LogP) is 5.18. The number of halogens is 1. The summed E-state index contributed by atoms with van der Waals surface area (Å²) >= 11 is 1.45. The van der Waals surface area contributed by atoms with Crippen LogP contribution in [0.5, 0.6) is 0 Å². The predicted molar refractivity (Wildman–Crippen MR) is 101 cm³/mol. The summed E-state index contributed by atoms with van der Waals surface area (Å²) in [6.07, 6.45) is 0.991. The van der Waals surface area contributed by atoms with Crippen LogP contribution >= 0.6 is 11.3 Å². The number of carbonyl (C=O) groups excluding carboxylic acids is 1. The zero-order valence-electron chi connectivity index (χ0n) is 14.2. The van der Waals surface area contributed by atoms with Gasteiger partial charge in [0.2, 0.25) is 0 Å². The van der Waals surface area contributed by atoms with Crippen molar-refractivity contribution < 1.29 is 9.18 Å². The minimum atomic E-state index is -0.321. The monoisotopic (exact) mass is 354 g/mol. The van der Waals surface area contributed by atoms with Crippen LogP contribution in [0.25, 0.3) is 10.6 Å². The van der Waals surface area contributed by atoms with Gasteiger partial charge in [0.15, 0.2) is 0 Å². The van der Waals surface area contributed by atoms with Gasteiger partial charge in [-0.1, -0.05) is 31.2 Å². The van der Waals surface area contributed by atoms with E-state index in [-0.39, 0.29) is 11.7 Å². The zero-order chi connectivity index (χ0) is 17.8. The number of nitrogens with zero attached hydrogens (tertiary/aromatic N) is 2. The second kappa shape index (κ2) is 7.57. The van der Waals surface area contributed by atoms with Crippen LogP contribution in [0.15, 0.2) is 53.9 Å². The summed E-state index contributed by atoms with van der Waals surface area (Å²) in [5.41, 5.74) is 3.35. The fourth-order valence-corrected chi connectivity index (χ4v) is 3.39. The molecule has 0 fully saturated rings. The van der Waals surface area contributed by atoms with Crippen molar-refractivity contribution in [3.05, 3.63) is 71.0 Å². The van der Waals surface area contributed by atoms with Crippen molar-refractivity contribution in [3.8, 4) is 10.6 Å². The molecule has 3 aromatic rings. The quantitative estimate of drug-likeness (QED) is 0.633. The second-order valence-electron chi connectivity index (χ2n) is 5.61. The molecule has 2 aromatic carbocycles. The second-order valence-corrected chi connectivity index (χ2v) is 6.47. The molecule has 0 N–H and O–H groups in total. The molecule has 3 nitrogen and oxygen atoms in total. The molecule has 0 saturated heterocycles. The van der Waals surface area contributed by atoms with Crippen LogP contribution < -0.4 is 4.90 Å². The van der Waals surface area contributed by atoms with Gasteiger partial charge in [0.25, 0.3) is 5.91 Å². The highest BCUT2D eigenvalue weighted by molar-refractivity contribution is 7.13. The molecule has 1 aromatic heterocycles. The number of anilines is 1. The summed E-state index contributed by atoms with van der Waals surface area (Å²) in [6.45, 7) is 4.49. The van der Waals surface area contributed by atoms with Crippen LogP contribution in [0.3, 0.4) is 0 Å². The van der Waals surface area contributed by atoms with E-state index in [1.807, 2.05) is 19.1 Å². The average Bonchev–Trinajstić information content (AvgIpc) is 3.14. The van der Waals surface area contributed by atoms with E-state index in [0.717, 1.165) is 17.0 Å². The normalized spacial score (nSPS) is 10.7. The van der Waals surface area contributed by atoms with Crippen molar-refractivity contribution in [1.29, 1.82) is 0 Å². The zero-order valence-corrected chi connectivity index (χ0v) is 15.0. The number of aromatic nitrogens is 1. The maximum atomic E-state index is 13.1. The summed E-state index contributed by atoms with van der Waals surface area (Å²) in [5, 5.41) is 2.60. The SMILES string of the molecule is CCc1ccc(-c2nc(C(=O)N(CC)c3ccc(F)cc3)cs2)cc1. The lowest BCUT2D eigenvalue weighted by Crippen LogP contribution is -2.30. The lowest BCUT2D eigenvalue weighted by molar-refractivity contribution is 0.0984. The van der Waals surface area contributed by atoms with Gasteiger partial charge < -0.3 is 4.90 Å². The first kappa shape index (κ1) is 17.3. The standard InChI is InChI=1S/C20H19FN2OS/c1-3-14-5-7-15(8-6-14)19-22-18(13-25-19)20(24)23(4-2)17-11-9-16(21)10-12-17/h5-13H,3-4H2,1-2H3. The summed E-state index contributed by atoms with van der Waals surface area (Å²) < 4.78 is 13.1. The molecule has 0 spiro atoms. The maximum absolute atomic E-state index is 13.1. The fraction of sp³-hybridized carbons (Fsp3) is 0.200. The topological polar surface area (TPSA) is 33.2 Å². The van der Waals surface area contributed by atoms with Crippen LogP contribution in [0.4, 0.5) is 10.1 Å². The van der Waals surface area contributed by atoms with Crippen molar-refractivity contribution in [2.75, 3.05) is 11.4 Å². The minimum absolute atomic E-state index is 0.179.